The van der Waals surface area contributed by atoms with Crippen LogP contribution < -0.4 is 16.1 Å². The van der Waals surface area contributed by atoms with Crippen LogP contribution in [-0.2, 0) is 28.5 Å². The maximum atomic E-state index is 12.9. The molecule has 0 radical (unpaired) electrons. The van der Waals surface area contributed by atoms with Crippen molar-refractivity contribution in [2.45, 2.75) is 107 Å². The number of ether oxygens (including phenoxy) is 4. The van der Waals surface area contributed by atoms with Gasteiger partial charge in [0.25, 0.3) is 0 Å². The minimum atomic E-state index is -0.995. The number of nitrogens with one attached hydrogen (secondary N) is 3. The first kappa shape index (κ1) is 28.3. The predicted octanol–water partition coefficient (Wildman–Crippen LogP) is 1.97. The number of halogens is 1. The molecule has 208 valence electrons. The molecule has 4 fully saturated rings. The number of hydroxylamine groups is 1. The van der Waals surface area contributed by atoms with Crippen LogP contribution >= 0.6 is 0 Å². The van der Waals surface area contributed by atoms with E-state index in [-0.39, 0.29) is 60.0 Å². The van der Waals surface area contributed by atoms with Crippen LogP contribution in [0, 0.1) is 5.92 Å². The molecule has 2 aliphatic heterocycles. The summed E-state index contributed by atoms with van der Waals surface area (Å²) in [4.78, 5) is 24.7. The third-order valence-corrected chi connectivity index (χ3v) is 8.30. The Morgan fingerprint density at radius 1 is 1.14 bits per heavy atom. The second kappa shape index (κ2) is 12.0. The quantitative estimate of drug-likeness (QED) is 0.123. The van der Waals surface area contributed by atoms with Gasteiger partial charge in [-0.3, -0.25) is 9.11 Å². The molecule has 2 saturated heterocycles. The van der Waals surface area contributed by atoms with E-state index >= 15 is 0 Å². The highest BCUT2D eigenvalue weighted by molar-refractivity contribution is 6.16. The Morgan fingerprint density at radius 3 is 2.41 bits per heavy atom. The van der Waals surface area contributed by atoms with Crippen molar-refractivity contribution in [2.75, 3.05) is 20.3 Å². The zero-order valence-corrected chi connectivity index (χ0v) is 22.3. The number of carbonyl (C=O) groups is 2. The first-order valence-electron chi connectivity index (χ1n) is 13.4. The van der Waals surface area contributed by atoms with Gasteiger partial charge in [-0.15, -0.1) is 0 Å². The minimum absolute atomic E-state index is 0.0130. The molecule has 12 heteroatoms. The van der Waals surface area contributed by atoms with Crippen molar-refractivity contribution in [3.05, 3.63) is 11.6 Å². The van der Waals surface area contributed by atoms with Crippen LogP contribution in [0.1, 0.15) is 65.7 Å². The average molecular weight is 525 g/mol. The van der Waals surface area contributed by atoms with Crippen molar-refractivity contribution in [3.63, 3.8) is 0 Å². The van der Waals surface area contributed by atoms with E-state index in [4.69, 9.17) is 18.9 Å². The average Bonchev–Trinajstić information content (AvgIpc) is 3.77. The Morgan fingerprint density at radius 2 is 1.81 bits per heavy atom. The zero-order valence-electron chi connectivity index (χ0n) is 22.3. The number of rotatable bonds is 11. The summed E-state index contributed by atoms with van der Waals surface area (Å²) in [5, 5.41) is 5.90. The van der Waals surface area contributed by atoms with Crippen molar-refractivity contribution in [2.24, 2.45) is 5.92 Å². The highest BCUT2D eigenvalue weighted by Gasteiger charge is 2.72. The topological polar surface area (TPSA) is 123 Å². The molecule has 3 N–H and O–H groups in total. The van der Waals surface area contributed by atoms with Gasteiger partial charge in [0, 0.05) is 19.2 Å². The lowest BCUT2D eigenvalue weighted by Gasteiger charge is -2.42. The molecular formula is C25H41BFN3O7. The van der Waals surface area contributed by atoms with Crippen molar-refractivity contribution < 1.29 is 37.6 Å². The number of hydrogen-bond donors (Lipinski definition) is 3. The van der Waals surface area contributed by atoms with Gasteiger partial charge in [0.2, 0.25) is 5.91 Å². The van der Waals surface area contributed by atoms with Gasteiger partial charge >= 0.3 is 13.9 Å². The number of allylic oxidation sites excluding steroid dienone is 1. The fraction of sp³-hybridized carbons (Fsp3) is 0.840. The lowest BCUT2D eigenvalue weighted by Crippen LogP contribution is -2.56. The number of amides is 2. The van der Waals surface area contributed by atoms with E-state index in [1.165, 1.54) is 5.57 Å². The fourth-order valence-corrected chi connectivity index (χ4v) is 6.22. The van der Waals surface area contributed by atoms with Crippen molar-refractivity contribution in [3.8, 4) is 0 Å². The van der Waals surface area contributed by atoms with E-state index in [9.17, 15) is 13.9 Å². The van der Waals surface area contributed by atoms with E-state index in [1.54, 1.807) is 7.11 Å². The number of methoxy groups -OCH3 is 1. The van der Waals surface area contributed by atoms with Gasteiger partial charge in [0.05, 0.1) is 25.2 Å². The summed E-state index contributed by atoms with van der Waals surface area (Å²) in [5.74, 6) is -0.272. The van der Waals surface area contributed by atoms with Gasteiger partial charge < -0.3 is 34.3 Å². The molecule has 1 spiro atoms. The standard InChI is InChI=1S/C25H41BFN3O7/c1-15(2)5-10-19-24(3,36-19)22-21(33-4)18(11-12-25(22)14-34-25)35-23(32)30-17-8-6-16(7-9-17)29-20(31)13-28-37-26-27/h5,16-19,21-22,26,28H,6-14H2,1-4H3,(H,29,31)(H,30,32)/t16-,17-,18?,19-,21?,22?,24?,25+/m1/s1. The van der Waals surface area contributed by atoms with E-state index in [0.717, 1.165) is 38.5 Å². The molecule has 4 rings (SSSR count). The van der Waals surface area contributed by atoms with E-state index < -0.39 is 13.9 Å². The Kier molecular flexibility index (Phi) is 9.16. The van der Waals surface area contributed by atoms with Gasteiger partial charge in [-0.2, -0.15) is 0 Å². The number of carbonyl (C=O) groups excluding carboxylic acids is 2. The molecule has 0 aromatic carbocycles. The van der Waals surface area contributed by atoms with Crippen LogP contribution in [0.5, 0.6) is 0 Å². The number of epoxide rings is 2. The third-order valence-electron chi connectivity index (χ3n) is 8.30. The summed E-state index contributed by atoms with van der Waals surface area (Å²) in [5.41, 5.74) is 2.88. The molecule has 2 heterocycles. The number of alkyl carbamates (subject to hydrolysis) is 1. The SMILES string of the molecule is COC1C(OC(=O)N[C@H]2CC[C@H](NC(=O)CNOBF)CC2)CC[C@]2(CO2)C1C1(C)O[C@@H]1CC=C(C)C. The van der Waals surface area contributed by atoms with Crippen molar-refractivity contribution in [1.29, 1.82) is 0 Å². The van der Waals surface area contributed by atoms with Crippen LogP contribution in [0.25, 0.3) is 0 Å². The maximum Gasteiger partial charge on any atom is 0.498 e. The van der Waals surface area contributed by atoms with Crippen molar-refractivity contribution >= 4 is 19.8 Å². The Bertz CT molecular complexity index is 848. The van der Waals surface area contributed by atoms with Gasteiger partial charge in [-0.25, -0.2) is 10.3 Å². The van der Waals surface area contributed by atoms with Gasteiger partial charge in [0.15, 0.2) is 0 Å². The van der Waals surface area contributed by atoms with Crippen LogP contribution in [0.15, 0.2) is 11.6 Å². The van der Waals surface area contributed by atoms with Crippen LogP contribution in [0.4, 0.5) is 9.11 Å². The molecule has 0 aromatic heterocycles. The highest BCUT2D eigenvalue weighted by atomic mass is 19.1. The Hall–Kier alpha value is -1.73. The van der Waals surface area contributed by atoms with E-state index in [1.807, 2.05) is 0 Å². The second-order valence-electron chi connectivity index (χ2n) is 11.2. The Labute approximate surface area is 219 Å². The van der Waals surface area contributed by atoms with E-state index in [2.05, 4.69) is 47.7 Å². The molecule has 37 heavy (non-hydrogen) atoms. The van der Waals surface area contributed by atoms with Gasteiger partial charge in [0.1, 0.15) is 23.4 Å². The molecule has 4 unspecified atom stereocenters. The normalized spacial score (nSPS) is 38.4. The number of hydrogen-bond acceptors (Lipinski definition) is 8. The molecule has 0 aromatic rings. The molecule has 2 amide bonds. The largest absolute Gasteiger partial charge is 0.498 e. The summed E-state index contributed by atoms with van der Waals surface area (Å²) in [6.45, 7) is 6.87. The first-order chi connectivity index (χ1) is 17.7. The molecular weight excluding hydrogens is 484 g/mol. The summed E-state index contributed by atoms with van der Waals surface area (Å²) in [7, 11) is 0.671. The van der Waals surface area contributed by atoms with Crippen LogP contribution in [0.2, 0.25) is 0 Å². The van der Waals surface area contributed by atoms with E-state index in [0.29, 0.717) is 13.0 Å². The van der Waals surface area contributed by atoms with Gasteiger partial charge in [-0.05, 0) is 65.7 Å². The minimum Gasteiger partial charge on any atom is -0.443 e. The van der Waals surface area contributed by atoms with Gasteiger partial charge in [-0.1, -0.05) is 11.6 Å². The lowest BCUT2D eigenvalue weighted by molar-refractivity contribution is -0.122. The fourth-order valence-electron chi connectivity index (χ4n) is 6.22. The summed E-state index contributed by atoms with van der Waals surface area (Å²) in [6.07, 6.45) is 6.40. The molecule has 10 nitrogen and oxygen atoms in total. The zero-order chi connectivity index (χ0) is 26.6. The van der Waals surface area contributed by atoms with Crippen LogP contribution in [-0.4, -0.2) is 81.6 Å². The monoisotopic (exact) mass is 525 g/mol. The predicted molar refractivity (Wildman–Crippen MR) is 134 cm³/mol. The smallest absolute Gasteiger partial charge is 0.443 e. The van der Waals surface area contributed by atoms with Crippen LogP contribution in [0.3, 0.4) is 0 Å². The second-order valence-corrected chi connectivity index (χ2v) is 11.2. The third kappa shape index (κ3) is 6.83. The summed E-state index contributed by atoms with van der Waals surface area (Å²) in [6, 6.07) is -0.0103. The first-order valence-corrected chi connectivity index (χ1v) is 13.4. The van der Waals surface area contributed by atoms with Crippen molar-refractivity contribution in [1.82, 2.24) is 16.1 Å². The molecule has 4 aliphatic rings. The summed E-state index contributed by atoms with van der Waals surface area (Å²) < 4.78 is 40.4. The lowest BCUT2D eigenvalue weighted by atomic mass is 9.68. The molecule has 2 aliphatic carbocycles. The highest BCUT2D eigenvalue weighted by Crippen LogP contribution is 2.59. The Balaban J connectivity index is 1.26. The maximum absolute atomic E-state index is 12.9. The summed E-state index contributed by atoms with van der Waals surface area (Å²) >= 11 is 0. The molecule has 6 atom stereocenters. The molecule has 0 bridgehead atoms. The molecule has 2 saturated carbocycles.